The van der Waals surface area contributed by atoms with Gasteiger partial charge in [-0.1, -0.05) is 24.3 Å². The minimum Gasteiger partial charge on any atom is -0.420 e. The fourth-order valence-corrected chi connectivity index (χ4v) is 3.08. The van der Waals surface area contributed by atoms with Gasteiger partial charge in [-0.3, -0.25) is 4.79 Å². The van der Waals surface area contributed by atoms with Crippen LogP contribution in [0.15, 0.2) is 53.0 Å². The number of hydrogen-bond acceptors (Lipinski definition) is 3. The van der Waals surface area contributed by atoms with Crippen molar-refractivity contribution in [2.75, 3.05) is 0 Å². The number of nitrogens with zero attached hydrogens (tertiary/aromatic N) is 1. The van der Waals surface area contributed by atoms with E-state index < -0.39 is 5.97 Å². The second kappa shape index (κ2) is 6.01. The smallest absolute Gasteiger partial charge is 0.344 e. The maximum atomic E-state index is 12.5. The summed E-state index contributed by atoms with van der Waals surface area (Å²) in [6.45, 7) is 1.46. The summed E-state index contributed by atoms with van der Waals surface area (Å²) < 4.78 is 8.00. The number of carbonyl (C=O) groups excluding carboxylic acids is 2. The first-order chi connectivity index (χ1) is 11.0. The fraction of sp³-hybridized carbons (Fsp3) is 0.111. The van der Waals surface area contributed by atoms with Crippen molar-refractivity contribution < 1.29 is 14.3 Å². The average molecular weight is 372 g/mol. The van der Waals surface area contributed by atoms with E-state index in [0.29, 0.717) is 21.5 Å². The normalized spacial score (nSPS) is 10.7. The highest BCUT2D eigenvalue weighted by molar-refractivity contribution is 9.10. The number of halogens is 1. The van der Waals surface area contributed by atoms with Crippen LogP contribution in [0, 0.1) is 0 Å². The summed E-state index contributed by atoms with van der Waals surface area (Å²) in [5.74, 6) is -0.355. The Morgan fingerprint density at radius 1 is 1.04 bits per heavy atom. The van der Waals surface area contributed by atoms with Crippen LogP contribution < -0.4 is 4.74 Å². The lowest BCUT2D eigenvalue weighted by molar-refractivity contribution is 0.0733. The molecule has 0 saturated carbocycles. The number of Topliss-reactive ketones (excluding diaryl/α,β-unsaturated/α-hetero) is 1. The van der Waals surface area contributed by atoms with Gasteiger partial charge in [0.05, 0.1) is 11.1 Å². The SMILES string of the molecule is CC(=O)c1c(OC(=O)c2ccccc2Br)c2ccccc2n1C. The number of ketones is 1. The maximum Gasteiger partial charge on any atom is 0.344 e. The first kappa shape index (κ1) is 15.5. The van der Waals surface area contributed by atoms with Gasteiger partial charge in [-0.2, -0.15) is 0 Å². The lowest BCUT2D eigenvalue weighted by atomic mass is 10.2. The van der Waals surface area contributed by atoms with Crippen LogP contribution in [0.25, 0.3) is 10.9 Å². The molecule has 2 aromatic carbocycles. The van der Waals surface area contributed by atoms with Crippen molar-refractivity contribution in [3.63, 3.8) is 0 Å². The van der Waals surface area contributed by atoms with E-state index in [4.69, 9.17) is 4.74 Å². The lowest BCUT2D eigenvalue weighted by Gasteiger charge is -2.07. The van der Waals surface area contributed by atoms with Gasteiger partial charge in [0.1, 0.15) is 5.69 Å². The molecular weight excluding hydrogens is 358 g/mol. The quantitative estimate of drug-likeness (QED) is 0.507. The Morgan fingerprint density at radius 3 is 2.39 bits per heavy atom. The van der Waals surface area contributed by atoms with E-state index in [2.05, 4.69) is 15.9 Å². The van der Waals surface area contributed by atoms with Gasteiger partial charge in [-0.15, -0.1) is 0 Å². The predicted octanol–water partition coefficient (Wildman–Crippen LogP) is 4.36. The van der Waals surface area contributed by atoms with Crippen LogP contribution >= 0.6 is 15.9 Å². The highest BCUT2D eigenvalue weighted by Crippen LogP contribution is 2.33. The number of ether oxygens (including phenoxy) is 1. The van der Waals surface area contributed by atoms with Crippen LogP contribution in [0.3, 0.4) is 0 Å². The fourth-order valence-electron chi connectivity index (χ4n) is 2.63. The second-order valence-corrected chi connectivity index (χ2v) is 6.03. The molecule has 0 saturated heterocycles. The number of esters is 1. The molecule has 3 rings (SSSR count). The van der Waals surface area contributed by atoms with Crippen molar-refractivity contribution in [2.45, 2.75) is 6.92 Å². The Kier molecular flexibility index (Phi) is 4.05. The van der Waals surface area contributed by atoms with Gasteiger partial charge in [-0.25, -0.2) is 4.79 Å². The number of carbonyl (C=O) groups is 2. The van der Waals surface area contributed by atoms with Crippen LogP contribution in [0.5, 0.6) is 5.75 Å². The number of benzene rings is 2. The molecule has 23 heavy (non-hydrogen) atoms. The third kappa shape index (κ3) is 2.68. The second-order valence-electron chi connectivity index (χ2n) is 5.18. The van der Waals surface area contributed by atoms with E-state index in [1.165, 1.54) is 6.92 Å². The van der Waals surface area contributed by atoms with Crippen molar-refractivity contribution in [3.8, 4) is 5.75 Å². The van der Waals surface area contributed by atoms with Crippen molar-refractivity contribution in [1.82, 2.24) is 4.57 Å². The van der Waals surface area contributed by atoms with Gasteiger partial charge in [-0.05, 0) is 40.2 Å². The Bertz CT molecular complexity index is 927. The van der Waals surface area contributed by atoms with Gasteiger partial charge in [0, 0.05) is 23.8 Å². The molecule has 116 valence electrons. The topological polar surface area (TPSA) is 48.3 Å². The first-order valence-electron chi connectivity index (χ1n) is 7.05. The largest absolute Gasteiger partial charge is 0.420 e. The summed E-state index contributed by atoms with van der Waals surface area (Å²) in [5, 5.41) is 0.737. The van der Waals surface area contributed by atoms with Crippen LogP contribution in [-0.4, -0.2) is 16.3 Å². The third-order valence-corrected chi connectivity index (χ3v) is 4.37. The van der Waals surface area contributed by atoms with E-state index in [1.54, 1.807) is 29.8 Å². The van der Waals surface area contributed by atoms with E-state index in [1.807, 2.05) is 30.3 Å². The molecule has 0 bridgehead atoms. The summed E-state index contributed by atoms with van der Waals surface area (Å²) in [5.41, 5.74) is 1.63. The zero-order chi connectivity index (χ0) is 16.6. The summed E-state index contributed by atoms with van der Waals surface area (Å²) in [6, 6.07) is 14.5. The first-order valence-corrected chi connectivity index (χ1v) is 7.85. The van der Waals surface area contributed by atoms with Gasteiger partial charge >= 0.3 is 5.97 Å². The van der Waals surface area contributed by atoms with Gasteiger partial charge in [0.25, 0.3) is 0 Å². The summed E-state index contributed by atoms with van der Waals surface area (Å²) in [6.07, 6.45) is 0. The number of hydrogen-bond donors (Lipinski definition) is 0. The van der Waals surface area contributed by atoms with E-state index in [-0.39, 0.29) is 5.78 Å². The van der Waals surface area contributed by atoms with Crippen LogP contribution in [0.1, 0.15) is 27.8 Å². The Hall–Kier alpha value is -2.40. The third-order valence-electron chi connectivity index (χ3n) is 3.68. The van der Waals surface area contributed by atoms with Crippen molar-refractivity contribution in [1.29, 1.82) is 0 Å². The van der Waals surface area contributed by atoms with Gasteiger partial charge < -0.3 is 9.30 Å². The minimum absolute atomic E-state index is 0.154. The molecule has 0 aliphatic rings. The zero-order valence-electron chi connectivity index (χ0n) is 12.7. The molecule has 4 nitrogen and oxygen atoms in total. The summed E-state index contributed by atoms with van der Waals surface area (Å²) >= 11 is 3.34. The molecule has 0 unspecified atom stereocenters. The van der Waals surface area contributed by atoms with Gasteiger partial charge in [0.2, 0.25) is 0 Å². The Labute approximate surface area is 141 Å². The van der Waals surface area contributed by atoms with E-state index in [9.17, 15) is 9.59 Å². The monoisotopic (exact) mass is 371 g/mol. The molecule has 0 atom stereocenters. The molecular formula is C18H14BrNO3. The lowest BCUT2D eigenvalue weighted by Crippen LogP contribution is -2.12. The molecule has 0 N–H and O–H groups in total. The Balaban J connectivity index is 2.13. The number of aromatic nitrogens is 1. The van der Waals surface area contributed by atoms with E-state index >= 15 is 0 Å². The maximum absolute atomic E-state index is 12.5. The molecule has 0 fully saturated rings. The molecule has 3 aromatic rings. The highest BCUT2D eigenvalue weighted by Gasteiger charge is 2.23. The number of para-hydroxylation sites is 1. The Morgan fingerprint density at radius 2 is 1.70 bits per heavy atom. The predicted molar refractivity (Wildman–Crippen MR) is 92.0 cm³/mol. The van der Waals surface area contributed by atoms with Crippen LogP contribution in [0.2, 0.25) is 0 Å². The standard InChI is InChI=1S/C18H14BrNO3/c1-11(21)16-17(13-8-4-6-10-15(13)20(16)2)23-18(22)12-7-3-5-9-14(12)19/h3-10H,1-2H3. The number of fused-ring (bicyclic) bond motifs is 1. The van der Waals surface area contributed by atoms with Crippen molar-refractivity contribution >= 4 is 38.6 Å². The molecule has 1 aromatic heterocycles. The number of aryl methyl sites for hydroxylation is 1. The molecule has 0 amide bonds. The minimum atomic E-state index is -0.503. The van der Waals surface area contributed by atoms with Crippen LogP contribution in [-0.2, 0) is 7.05 Å². The molecule has 1 heterocycles. The molecule has 0 spiro atoms. The molecule has 5 heteroatoms. The summed E-state index contributed by atoms with van der Waals surface area (Å²) in [7, 11) is 1.79. The summed E-state index contributed by atoms with van der Waals surface area (Å²) in [4.78, 5) is 24.5. The molecule has 0 aliphatic carbocycles. The van der Waals surface area contributed by atoms with Crippen molar-refractivity contribution in [3.05, 3.63) is 64.3 Å². The number of rotatable bonds is 3. The zero-order valence-corrected chi connectivity index (χ0v) is 14.3. The van der Waals surface area contributed by atoms with Gasteiger partial charge in [0.15, 0.2) is 11.5 Å². The average Bonchev–Trinajstić information content (AvgIpc) is 2.81. The molecule has 0 radical (unpaired) electrons. The van der Waals surface area contributed by atoms with E-state index in [0.717, 1.165) is 10.9 Å². The van der Waals surface area contributed by atoms with Crippen LogP contribution in [0.4, 0.5) is 0 Å². The van der Waals surface area contributed by atoms with Crippen molar-refractivity contribution in [2.24, 2.45) is 7.05 Å². The highest BCUT2D eigenvalue weighted by atomic mass is 79.9. The molecule has 0 aliphatic heterocycles.